The number of hydrogen-bond acceptors (Lipinski definition) is 4. The number of aromatic nitrogens is 2. The van der Waals surface area contributed by atoms with E-state index in [0.717, 1.165) is 18.7 Å². The lowest BCUT2D eigenvalue weighted by molar-refractivity contribution is 0.702. The molecule has 0 saturated carbocycles. The maximum atomic E-state index is 5.71. The average molecular weight is 256 g/mol. The number of benzene rings is 1. The van der Waals surface area contributed by atoms with Crippen molar-refractivity contribution < 1.29 is 0 Å². The van der Waals surface area contributed by atoms with E-state index in [1.807, 2.05) is 13.0 Å². The zero-order chi connectivity index (χ0) is 13.7. The molecule has 1 unspecified atom stereocenters. The second-order valence-corrected chi connectivity index (χ2v) is 4.79. The van der Waals surface area contributed by atoms with E-state index < -0.39 is 0 Å². The van der Waals surface area contributed by atoms with Gasteiger partial charge in [-0.05, 0) is 32.3 Å². The van der Waals surface area contributed by atoms with Gasteiger partial charge in [-0.2, -0.15) is 0 Å². The van der Waals surface area contributed by atoms with Crippen LogP contribution < -0.4 is 11.1 Å². The van der Waals surface area contributed by atoms with Crippen LogP contribution in [0.5, 0.6) is 0 Å². The molecule has 1 aromatic carbocycles. The molecule has 1 atom stereocenters. The molecule has 0 aliphatic carbocycles. The SMILES string of the molecule is Cc1nc(N)cc(NC(C)CCc2ccccc2)n1. The highest BCUT2D eigenvalue weighted by Crippen LogP contribution is 2.12. The van der Waals surface area contributed by atoms with Crippen molar-refractivity contribution in [2.24, 2.45) is 0 Å². The fourth-order valence-electron chi connectivity index (χ4n) is 2.02. The Kier molecular flexibility index (Phi) is 4.34. The maximum absolute atomic E-state index is 5.71. The number of nitrogens with two attached hydrogens (primary N) is 1. The molecular formula is C15H20N4. The van der Waals surface area contributed by atoms with E-state index in [-0.39, 0.29) is 0 Å². The molecule has 1 aromatic heterocycles. The summed E-state index contributed by atoms with van der Waals surface area (Å²) in [6, 6.07) is 12.6. The van der Waals surface area contributed by atoms with E-state index in [4.69, 9.17) is 5.73 Å². The number of rotatable bonds is 5. The minimum Gasteiger partial charge on any atom is -0.384 e. The molecule has 0 radical (unpaired) electrons. The molecule has 2 rings (SSSR count). The fraction of sp³-hybridized carbons (Fsp3) is 0.333. The molecule has 0 saturated heterocycles. The lowest BCUT2D eigenvalue weighted by Gasteiger charge is -2.15. The average Bonchev–Trinajstić information content (AvgIpc) is 2.36. The molecule has 3 N–H and O–H groups in total. The van der Waals surface area contributed by atoms with Gasteiger partial charge in [0.2, 0.25) is 0 Å². The summed E-state index contributed by atoms with van der Waals surface area (Å²) in [6.45, 7) is 3.99. The third kappa shape index (κ3) is 4.25. The van der Waals surface area contributed by atoms with Crippen LogP contribution in [0.3, 0.4) is 0 Å². The van der Waals surface area contributed by atoms with Crippen molar-refractivity contribution in [3.05, 3.63) is 47.8 Å². The number of anilines is 2. The summed E-state index contributed by atoms with van der Waals surface area (Å²) in [6.07, 6.45) is 2.10. The van der Waals surface area contributed by atoms with Crippen molar-refractivity contribution in [2.75, 3.05) is 11.1 Å². The lowest BCUT2D eigenvalue weighted by atomic mass is 10.1. The van der Waals surface area contributed by atoms with Crippen molar-refractivity contribution in [2.45, 2.75) is 32.7 Å². The van der Waals surface area contributed by atoms with Crippen LogP contribution in [0.2, 0.25) is 0 Å². The molecule has 0 bridgehead atoms. The Morgan fingerprint density at radius 1 is 1.21 bits per heavy atom. The second kappa shape index (κ2) is 6.18. The van der Waals surface area contributed by atoms with E-state index in [0.29, 0.717) is 17.7 Å². The summed E-state index contributed by atoms with van der Waals surface area (Å²) in [5.41, 5.74) is 7.07. The molecule has 19 heavy (non-hydrogen) atoms. The first-order valence-corrected chi connectivity index (χ1v) is 6.55. The van der Waals surface area contributed by atoms with E-state index in [1.165, 1.54) is 5.56 Å². The van der Waals surface area contributed by atoms with E-state index in [1.54, 1.807) is 6.07 Å². The highest BCUT2D eigenvalue weighted by molar-refractivity contribution is 5.45. The van der Waals surface area contributed by atoms with Crippen LogP contribution in [0.1, 0.15) is 24.7 Å². The first-order chi connectivity index (χ1) is 9.13. The van der Waals surface area contributed by atoms with Crippen LogP contribution in [0.4, 0.5) is 11.6 Å². The molecule has 0 spiro atoms. The molecular weight excluding hydrogens is 236 g/mol. The summed E-state index contributed by atoms with van der Waals surface area (Å²) in [4.78, 5) is 8.39. The predicted molar refractivity (Wildman–Crippen MR) is 79.0 cm³/mol. The number of nitrogens with one attached hydrogen (secondary N) is 1. The smallest absolute Gasteiger partial charge is 0.131 e. The van der Waals surface area contributed by atoms with Gasteiger partial charge in [0.25, 0.3) is 0 Å². The largest absolute Gasteiger partial charge is 0.384 e. The van der Waals surface area contributed by atoms with E-state index >= 15 is 0 Å². The Hall–Kier alpha value is -2.10. The second-order valence-electron chi connectivity index (χ2n) is 4.79. The molecule has 0 amide bonds. The van der Waals surface area contributed by atoms with E-state index in [2.05, 4.69) is 46.5 Å². The summed E-state index contributed by atoms with van der Waals surface area (Å²) in [5, 5.41) is 3.36. The van der Waals surface area contributed by atoms with Gasteiger partial charge < -0.3 is 11.1 Å². The Morgan fingerprint density at radius 2 is 1.95 bits per heavy atom. The van der Waals surface area contributed by atoms with Gasteiger partial charge in [0.15, 0.2) is 0 Å². The molecule has 4 heteroatoms. The molecule has 100 valence electrons. The zero-order valence-electron chi connectivity index (χ0n) is 11.4. The summed E-state index contributed by atoms with van der Waals surface area (Å²) >= 11 is 0. The first kappa shape index (κ1) is 13.3. The van der Waals surface area contributed by atoms with Gasteiger partial charge in [0, 0.05) is 12.1 Å². The Balaban J connectivity index is 1.89. The number of nitrogens with zero attached hydrogens (tertiary/aromatic N) is 2. The third-order valence-corrected chi connectivity index (χ3v) is 2.96. The van der Waals surface area contributed by atoms with Crippen LogP contribution in [-0.4, -0.2) is 16.0 Å². The molecule has 0 fully saturated rings. The third-order valence-electron chi connectivity index (χ3n) is 2.96. The Bertz CT molecular complexity index is 505. The minimum absolute atomic E-state index is 0.342. The van der Waals surface area contributed by atoms with Crippen LogP contribution in [0, 0.1) is 6.92 Å². The number of nitrogen functional groups attached to an aromatic ring is 1. The van der Waals surface area contributed by atoms with Crippen molar-refractivity contribution in [1.82, 2.24) is 9.97 Å². The van der Waals surface area contributed by atoms with Gasteiger partial charge >= 0.3 is 0 Å². The van der Waals surface area contributed by atoms with Crippen LogP contribution in [0.15, 0.2) is 36.4 Å². The first-order valence-electron chi connectivity index (χ1n) is 6.55. The Labute approximate surface area is 114 Å². The standard InChI is InChI=1S/C15H20N4/c1-11(8-9-13-6-4-3-5-7-13)17-15-10-14(16)18-12(2)19-15/h3-7,10-11H,8-9H2,1-2H3,(H3,16,17,18,19). The van der Waals surface area contributed by atoms with Crippen LogP contribution in [-0.2, 0) is 6.42 Å². The molecule has 4 nitrogen and oxygen atoms in total. The highest BCUT2D eigenvalue weighted by Gasteiger charge is 2.05. The van der Waals surface area contributed by atoms with Crippen LogP contribution >= 0.6 is 0 Å². The summed E-state index contributed by atoms with van der Waals surface area (Å²) < 4.78 is 0. The molecule has 1 heterocycles. The van der Waals surface area contributed by atoms with Crippen LogP contribution in [0.25, 0.3) is 0 Å². The van der Waals surface area contributed by atoms with Crippen molar-refractivity contribution >= 4 is 11.6 Å². The molecule has 0 aliphatic heterocycles. The molecule has 0 aliphatic rings. The monoisotopic (exact) mass is 256 g/mol. The summed E-state index contributed by atoms with van der Waals surface area (Å²) in [7, 11) is 0. The van der Waals surface area contributed by atoms with Gasteiger partial charge in [-0.1, -0.05) is 30.3 Å². The lowest BCUT2D eigenvalue weighted by Crippen LogP contribution is -2.17. The van der Waals surface area contributed by atoms with Crippen molar-refractivity contribution in [3.63, 3.8) is 0 Å². The van der Waals surface area contributed by atoms with Crippen molar-refractivity contribution in [1.29, 1.82) is 0 Å². The number of aryl methyl sites for hydroxylation is 2. The van der Waals surface area contributed by atoms with Gasteiger partial charge in [-0.15, -0.1) is 0 Å². The van der Waals surface area contributed by atoms with Gasteiger partial charge in [-0.25, -0.2) is 9.97 Å². The van der Waals surface area contributed by atoms with Crippen molar-refractivity contribution in [3.8, 4) is 0 Å². The Morgan fingerprint density at radius 3 is 2.63 bits per heavy atom. The fourth-order valence-corrected chi connectivity index (χ4v) is 2.02. The topological polar surface area (TPSA) is 63.8 Å². The highest BCUT2D eigenvalue weighted by atomic mass is 15.1. The normalized spacial score (nSPS) is 12.1. The zero-order valence-corrected chi connectivity index (χ0v) is 11.4. The number of hydrogen-bond donors (Lipinski definition) is 2. The van der Waals surface area contributed by atoms with E-state index in [9.17, 15) is 0 Å². The van der Waals surface area contributed by atoms with Gasteiger partial charge in [0.1, 0.15) is 17.5 Å². The summed E-state index contributed by atoms with van der Waals surface area (Å²) in [5.74, 6) is 1.99. The quantitative estimate of drug-likeness (QED) is 0.863. The predicted octanol–water partition coefficient (Wildman–Crippen LogP) is 2.80. The minimum atomic E-state index is 0.342. The van der Waals surface area contributed by atoms with Gasteiger partial charge in [-0.3, -0.25) is 0 Å². The van der Waals surface area contributed by atoms with Gasteiger partial charge in [0.05, 0.1) is 0 Å². The maximum Gasteiger partial charge on any atom is 0.131 e. The molecule has 2 aromatic rings.